The van der Waals surface area contributed by atoms with Crippen LogP contribution in [0, 0.1) is 0 Å². The van der Waals surface area contributed by atoms with Crippen LogP contribution >= 0.6 is 0 Å². The Morgan fingerprint density at radius 3 is 1.65 bits per heavy atom. The Bertz CT molecular complexity index is 1880. The first-order valence-corrected chi connectivity index (χ1v) is 25.1. The highest BCUT2D eigenvalue weighted by atomic mass is 16.3. The van der Waals surface area contributed by atoms with Gasteiger partial charge in [-0.05, 0) is 92.4 Å². The van der Waals surface area contributed by atoms with Gasteiger partial charge in [0.2, 0.25) is 65.0 Å². The summed E-state index contributed by atoms with van der Waals surface area (Å²) in [5, 5.41) is 58.0. The molecule has 29 heteroatoms. The van der Waals surface area contributed by atoms with Gasteiger partial charge in [0.1, 0.15) is 54.4 Å². The first-order valence-electron chi connectivity index (χ1n) is 25.1. The quantitative estimate of drug-likeness (QED) is 0.0399. The predicted octanol–water partition coefficient (Wildman–Crippen LogP) is -8.10. The average Bonchev–Trinajstić information content (AvgIpc) is 3.33. The predicted molar refractivity (Wildman–Crippen MR) is 267 cm³/mol. The molecule has 0 unspecified atom stereocenters. The molecular formula is C45H83N15O14. The van der Waals surface area contributed by atoms with Gasteiger partial charge >= 0.3 is 0 Å². The summed E-state index contributed by atoms with van der Waals surface area (Å²) in [7, 11) is 0. The third-order valence-corrected chi connectivity index (χ3v) is 11.6. The molecule has 12 atom stereocenters. The molecule has 11 amide bonds. The maximum Gasteiger partial charge on any atom is 0.245 e. The highest BCUT2D eigenvalue weighted by Crippen LogP contribution is 2.08. The fourth-order valence-electron chi connectivity index (χ4n) is 7.33. The average molecular weight is 1060 g/mol. The molecule has 1 heterocycles. The van der Waals surface area contributed by atoms with Crippen LogP contribution in [-0.4, -0.2) is 192 Å². The summed E-state index contributed by atoms with van der Waals surface area (Å²) >= 11 is 0. The summed E-state index contributed by atoms with van der Waals surface area (Å²) in [6, 6.07) is -13.7. The van der Waals surface area contributed by atoms with Crippen molar-refractivity contribution in [3.8, 4) is 0 Å². The number of rotatable bonds is 24. The van der Waals surface area contributed by atoms with E-state index in [4.69, 9.17) is 22.9 Å². The minimum absolute atomic E-state index is 0.155. The van der Waals surface area contributed by atoms with E-state index in [0.29, 0.717) is 6.42 Å². The second-order valence-electron chi connectivity index (χ2n) is 18.1. The number of unbranched alkanes of at least 4 members (excludes halogenated alkanes) is 4. The van der Waals surface area contributed by atoms with Gasteiger partial charge in [-0.3, -0.25) is 52.7 Å². The molecule has 0 aliphatic carbocycles. The van der Waals surface area contributed by atoms with E-state index < -0.39 is 157 Å². The lowest BCUT2D eigenvalue weighted by atomic mass is 10.1. The standard InChI is InChI=1S/C45H83N15O14/c1-6-7-8-9-10-11-32(64)52-23(2)37(66)59-36(26(5)63)45(74)57-29(14-19-48)40(69)55-31-16-21-50-43(72)34(24(3)61)60-42(71)30(15-20-49)54-39(68)28(13-18-47)56-44(73)35(25(4)62)58-33(65)22-51-38(67)27(12-17-46)53-41(31)70/h23-31,34-36,61-63H,6-22,46-49H2,1-5H3,(H,50,72)(H,51,67)(H,52,64)(H,53,70)(H,54,68)(H,55,69)(H,56,73)(H,57,74)(H,58,65)(H,59,66)(H,60,71)/t23-,24+,25+,26+,27-,28-,29+,30-,31-,34-,35-,36-/m0/s1. The number of aliphatic hydroxyl groups excluding tert-OH is 3. The molecule has 1 rings (SSSR count). The molecule has 1 fully saturated rings. The monoisotopic (exact) mass is 1060 g/mol. The molecule has 0 bridgehead atoms. The molecule has 1 saturated heterocycles. The summed E-state index contributed by atoms with van der Waals surface area (Å²) in [4.78, 5) is 148. The number of hydrogen-bond donors (Lipinski definition) is 18. The van der Waals surface area contributed by atoms with E-state index in [1.807, 2.05) is 0 Å². The molecule has 0 aromatic carbocycles. The van der Waals surface area contributed by atoms with Gasteiger partial charge in [0.15, 0.2) is 0 Å². The normalized spacial score (nSPS) is 23.5. The van der Waals surface area contributed by atoms with Gasteiger partial charge in [0.25, 0.3) is 0 Å². The van der Waals surface area contributed by atoms with Crippen molar-refractivity contribution < 1.29 is 68.1 Å². The van der Waals surface area contributed by atoms with Crippen LogP contribution in [0.2, 0.25) is 0 Å². The number of nitrogens with one attached hydrogen (secondary N) is 11. The lowest BCUT2D eigenvalue weighted by Crippen LogP contribution is -2.61. The second-order valence-corrected chi connectivity index (χ2v) is 18.1. The SMILES string of the molecule is CCCCCCCC(=O)N[C@@H](C)C(=O)N[C@H](C(=O)N[C@H](CCN)C(=O)N[C@H]1CCNC(=O)[C@H]([C@@H](C)O)NC(=O)[C@H](CCN)NC(=O)[C@H](CCN)NC(=O)[C@H]([C@@H](C)O)NC(=O)CNC(=O)[C@H](CCN)NC1=O)[C@@H](C)O. The van der Waals surface area contributed by atoms with Crippen LogP contribution < -0.4 is 81.4 Å². The fraction of sp³-hybridized carbons (Fsp3) is 0.756. The summed E-state index contributed by atoms with van der Waals surface area (Å²) in [5.74, 6) is -10.3. The smallest absolute Gasteiger partial charge is 0.245 e. The number of aliphatic hydroxyl groups is 3. The zero-order valence-corrected chi connectivity index (χ0v) is 43.1. The third-order valence-electron chi connectivity index (χ3n) is 11.6. The van der Waals surface area contributed by atoms with Crippen LogP contribution in [0.5, 0.6) is 0 Å². The van der Waals surface area contributed by atoms with Gasteiger partial charge in [-0.2, -0.15) is 0 Å². The summed E-state index contributed by atoms with van der Waals surface area (Å²) in [5.41, 5.74) is 23.0. The Balaban J connectivity index is 3.59. The number of nitrogens with two attached hydrogens (primary N) is 4. The van der Waals surface area contributed by atoms with Gasteiger partial charge in [-0.15, -0.1) is 0 Å². The molecule has 0 saturated carbocycles. The molecule has 1 aliphatic rings. The first kappa shape index (κ1) is 65.9. The maximum absolute atomic E-state index is 14.1. The van der Waals surface area contributed by atoms with Crippen molar-refractivity contribution >= 4 is 65.0 Å². The summed E-state index contributed by atoms with van der Waals surface area (Å²) in [6.45, 7) is 4.96. The molecular weight excluding hydrogens is 975 g/mol. The number of hydrogen-bond acceptors (Lipinski definition) is 18. The Hall–Kier alpha value is -6.11. The molecule has 74 heavy (non-hydrogen) atoms. The molecule has 0 radical (unpaired) electrons. The first-order chi connectivity index (χ1) is 35.0. The molecule has 0 spiro atoms. The Kier molecular flexibility index (Phi) is 31.3. The fourth-order valence-corrected chi connectivity index (χ4v) is 7.33. The Labute approximate surface area is 430 Å². The Morgan fingerprint density at radius 2 is 1.11 bits per heavy atom. The molecule has 422 valence electrons. The number of carbonyl (C=O) groups excluding carboxylic acids is 11. The van der Waals surface area contributed by atoms with E-state index in [-0.39, 0.29) is 58.3 Å². The topological polar surface area (TPSA) is 485 Å². The van der Waals surface area contributed by atoms with E-state index in [1.165, 1.54) is 20.8 Å². The van der Waals surface area contributed by atoms with Crippen LogP contribution in [0.3, 0.4) is 0 Å². The minimum atomic E-state index is -1.70. The van der Waals surface area contributed by atoms with Crippen LogP contribution in [0.15, 0.2) is 0 Å². The van der Waals surface area contributed by atoms with Crippen LogP contribution in [-0.2, 0) is 52.7 Å². The van der Waals surface area contributed by atoms with Crippen LogP contribution in [0.4, 0.5) is 0 Å². The van der Waals surface area contributed by atoms with Gasteiger partial charge < -0.3 is 96.7 Å². The maximum atomic E-state index is 14.1. The highest BCUT2D eigenvalue weighted by Gasteiger charge is 2.36. The van der Waals surface area contributed by atoms with Crippen LogP contribution in [0.25, 0.3) is 0 Å². The number of carbonyl (C=O) groups is 11. The Morgan fingerprint density at radius 1 is 0.581 bits per heavy atom. The summed E-state index contributed by atoms with van der Waals surface area (Å²) in [6.07, 6.45) is -1.39. The molecule has 22 N–H and O–H groups in total. The van der Waals surface area contributed by atoms with Crippen molar-refractivity contribution in [3.63, 3.8) is 0 Å². The third kappa shape index (κ3) is 23.8. The van der Waals surface area contributed by atoms with Gasteiger partial charge in [0, 0.05) is 13.0 Å². The van der Waals surface area contributed by atoms with Crippen molar-refractivity contribution in [2.24, 2.45) is 22.9 Å². The lowest BCUT2D eigenvalue weighted by Gasteiger charge is -2.28. The van der Waals surface area contributed by atoms with E-state index in [0.717, 1.165) is 32.6 Å². The van der Waals surface area contributed by atoms with E-state index >= 15 is 0 Å². The zero-order chi connectivity index (χ0) is 56.1. The van der Waals surface area contributed by atoms with Gasteiger partial charge in [0.05, 0.1) is 24.9 Å². The van der Waals surface area contributed by atoms with E-state index in [1.54, 1.807) is 0 Å². The van der Waals surface area contributed by atoms with Crippen molar-refractivity contribution in [2.75, 3.05) is 39.3 Å². The van der Waals surface area contributed by atoms with Crippen molar-refractivity contribution in [3.05, 3.63) is 0 Å². The molecule has 0 aromatic rings. The van der Waals surface area contributed by atoms with E-state index in [9.17, 15) is 68.1 Å². The molecule has 1 aliphatic heterocycles. The molecule has 0 aromatic heterocycles. The largest absolute Gasteiger partial charge is 0.391 e. The zero-order valence-electron chi connectivity index (χ0n) is 43.1. The van der Waals surface area contributed by atoms with Crippen LogP contribution in [0.1, 0.15) is 105 Å². The number of amides is 11. The summed E-state index contributed by atoms with van der Waals surface area (Å²) < 4.78 is 0. The van der Waals surface area contributed by atoms with Gasteiger partial charge in [-0.25, -0.2) is 0 Å². The minimum Gasteiger partial charge on any atom is -0.391 e. The van der Waals surface area contributed by atoms with Crippen molar-refractivity contribution in [1.82, 2.24) is 58.5 Å². The van der Waals surface area contributed by atoms with E-state index in [2.05, 4.69) is 65.4 Å². The van der Waals surface area contributed by atoms with Crippen molar-refractivity contribution in [1.29, 1.82) is 0 Å². The lowest BCUT2D eigenvalue weighted by molar-refractivity contribution is -0.136. The second kappa shape index (κ2) is 35.2. The van der Waals surface area contributed by atoms with Gasteiger partial charge in [-0.1, -0.05) is 32.6 Å². The molecule has 29 nitrogen and oxygen atoms in total. The highest BCUT2D eigenvalue weighted by molar-refractivity contribution is 5.98. The van der Waals surface area contributed by atoms with Crippen molar-refractivity contribution in [2.45, 2.75) is 178 Å².